The highest BCUT2D eigenvalue weighted by molar-refractivity contribution is 5.30. The van der Waals surface area contributed by atoms with E-state index in [1.165, 1.54) is 12.8 Å². The molecule has 0 radical (unpaired) electrons. The smallest absolute Gasteiger partial charge is 0.161 e. The van der Waals surface area contributed by atoms with Gasteiger partial charge in [-0.1, -0.05) is 6.92 Å². The van der Waals surface area contributed by atoms with Crippen LogP contribution in [-0.4, -0.2) is 16.9 Å². The summed E-state index contributed by atoms with van der Waals surface area (Å²) >= 11 is 0. The lowest BCUT2D eigenvalue weighted by Gasteiger charge is -2.23. The lowest BCUT2D eigenvalue weighted by molar-refractivity contribution is 0.331. The molecule has 0 aliphatic heterocycles. The van der Waals surface area contributed by atoms with Gasteiger partial charge in [-0.25, -0.2) is 0 Å². The number of hydrogen-bond donors (Lipinski definition) is 2. The normalized spacial score (nSPS) is 20.0. The first-order valence-electron chi connectivity index (χ1n) is 5.14. The lowest BCUT2D eigenvalue weighted by Crippen LogP contribution is -2.35. The fraction of sp³-hybridized carbons (Fsp3) is 0.700. The van der Waals surface area contributed by atoms with Crippen LogP contribution in [0.4, 0.5) is 0 Å². The molecule has 1 aromatic rings. The quantitative estimate of drug-likeness (QED) is 0.568. The Labute approximate surface area is 89.6 Å². The molecular formula is C10H18N4O. The molecule has 0 aromatic carbocycles. The van der Waals surface area contributed by atoms with Gasteiger partial charge in [0.05, 0.1) is 25.0 Å². The molecule has 84 valence electrons. The van der Waals surface area contributed by atoms with Crippen molar-refractivity contribution >= 4 is 0 Å². The van der Waals surface area contributed by atoms with Crippen LogP contribution in [0.5, 0.6) is 5.75 Å². The van der Waals surface area contributed by atoms with Crippen molar-refractivity contribution in [3.05, 3.63) is 11.9 Å². The van der Waals surface area contributed by atoms with E-state index in [9.17, 15) is 0 Å². The Bertz CT molecular complexity index is 356. The van der Waals surface area contributed by atoms with Crippen molar-refractivity contribution in [2.24, 2.45) is 18.3 Å². The molecule has 1 aromatic heterocycles. The summed E-state index contributed by atoms with van der Waals surface area (Å²) in [6, 6.07) is 0.111. The van der Waals surface area contributed by atoms with Gasteiger partial charge in [-0.2, -0.15) is 5.10 Å². The number of ether oxygens (including phenoxy) is 1. The molecule has 2 rings (SSSR count). The highest BCUT2D eigenvalue weighted by Gasteiger charge is 2.47. The van der Waals surface area contributed by atoms with Crippen molar-refractivity contribution in [3.8, 4) is 5.75 Å². The van der Waals surface area contributed by atoms with Gasteiger partial charge in [-0.05, 0) is 18.3 Å². The van der Waals surface area contributed by atoms with E-state index in [0.717, 1.165) is 11.4 Å². The summed E-state index contributed by atoms with van der Waals surface area (Å²) in [4.78, 5) is 0. The van der Waals surface area contributed by atoms with Crippen LogP contribution in [-0.2, 0) is 7.05 Å². The van der Waals surface area contributed by atoms with Crippen molar-refractivity contribution in [2.45, 2.75) is 25.8 Å². The molecule has 0 bridgehead atoms. The Kier molecular flexibility index (Phi) is 2.44. The zero-order valence-corrected chi connectivity index (χ0v) is 9.45. The fourth-order valence-electron chi connectivity index (χ4n) is 2.01. The highest BCUT2D eigenvalue weighted by Crippen LogP contribution is 2.55. The van der Waals surface area contributed by atoms with Crippen LogP contribution in [0.2, 0.25) is 0 Å². The molecular weight excluding hydrogens is 192 g/mol. The van der Waals surface area contributed by atoms with E-state index >= 15 is 0 Å². The number of nitrogens with two attached hydrogens (primary N) is 1. The van der Waals surface area contributed by atoms with Crippen LogP contribution in [0.25, 0.3) is 0 Å². The van der Waals surface area contributed by atoms with Gasteiger partial charge in [0.1, 0.15) is 0 Å². The molecule has 0 saturated heterocycles. The minimum Gasteiger partial charge on any atom is -0.493 e. The summed E-state index contributed by atoms with van der Waals surface area (Å²) in [6.45, 7) is 2.23. The Morgan fingerprint density at radius 1 is 1.67 bits per heavy atom. The molecule has 15 heavy (non-hydrogen) atoms. The van der Waals surface area contributed by atoms with Crippen LogP contribution in [0.1, 0.15) is 31.5 Å². The number of aromatic nitrogens is 2. The van der Waals surface area contributed by atoms with Crippen LogP contribution in [0.3, 0.4) is 0 Å². The van der Waals surface area contributed by atoms with Gasteiger partial charge in [-0.3, -0.25) is 16.0 Å². The van der Waals surface area contributed by atoms with E-state index in [4.69, 9.17) is 10.6 Å². The van der Waals surface area contributed by atoms with Gasteiger partial charge in [0.2, 0.25) is 0 Å². The molecule has 1 aliphatic rings. The third-order valence-corrected chi connectivity index (χ3v) is 3.34. The van der Waals surface area contributed by atoms with Gasteiger partial charge >= 0.3 is 0 Å². The topological polar surface area (TPSA) is 65.1 Å². The number of rotatable bonds is 4. The van der Waals surface area contributed by atoms with Crippen molar-refractivity contribution in [3.63, 3.8) is 0 Å². The predicted molar refractivity (Wildman–Crippen MR) is 57.2 cm³/mol. The standard InChI is InChI=1S/C10H18N4O/c1-10(4-5-10)9(13-11)8-7(15-3)6-12-14(8)2/h6,9,13H,4-5,11H2,1-3H3. The highest BCUT2D eigenvalue weighted by atomic mass is 16.5. The second-order valence-corrected chi connectivity index (χ2v) is 4.48. The number of methoxy groups -OCH3 is 1. The van der Waals surface area contributed by atoms with Gasteiger partial charge < -0.3 is 4.74 Å². The molecule has 1 heterocycles. The van der Waals surface area contributed by atoms with E-state index in [1.807, 2.05) is 11.7 Å². The van der Waals surface area contributed by atoms with Crippen molar-refractivity contribution in [1.82, 2.24) is 15.2 Å². The Morgan fingerprint density at radius 2 is 2.33 bits per heavy atom. The Balaban J connectivity index is 2.37. The van der Waals surface area contributed by atoms with Crippen LogP contribution in [0.15, 0.2) is 6.20 Å². The fourth-order valence-corrected chi connectivity index (χ4v) is 2.01. The third-order valence-electron chi connectivity index (χ3n) is 3.34. The van der Waals surface area contributed by atoms with E-state index in [1.54, 1.807) is 13.3 Å². The van der Waals surface area contributed by atoms with E-state index in [0.29, 0.717) is 0 Å². The molecule has 3 N–H and O–H groups in total. The Hall–Kier alpha value is -1.07. The van der Waals surface area contributed by atoms with Crippen LogP contribution >= 0.6 is 0 Å². The number of nitrogens with one attached hydrogen (secondary N) is 1. The Morgan fingerprint density at radius 3 is 2.80 bits per heavy atom. The number of aryl methyl sites for hydroxylation is 1. The average molecular weight is 210 g/mol. The number of nitrogens with zero attached hydrogens (tertiary/aromatic N) is 2. The maximum atomic E-state index is 5.64. The van der Waals surface area contributed by atoms with Gasteiger partial charge in [0.25, 0.3) is 0 Å². The van der Waals surface area contributed by atoms with Crippen molar-refractivity contribution in [2.75, 3.05) is 7.11 Å². The summed E-state index contributed by atoms with van der Waals surface area (Å²) in [5.41, 5.74) is 4.16. The van der Waals surface area contributed by atoms with Crippen LogP contribution in [0, 0.1) is 5.41 Å². The molecule has 5 heteroatoms. The van der Waals surface area contributed by atoms with Crippen molar-refractivity contribution in [1.29, 1.82) is 0 Å². The summed E-state index contributed by atoms with van der Waals surface area (Å²) in [6.07, 6.45) is 4.11. The second kappa shape index (κ2) is 3.50. The third kappa shape index (κ3) is 1.61. The first-order valence-corrected chi connectivity index (χ1v) is 5.14. The molecule has 5 nitrogen and oxygen atoms in total. The minimum absolute atomic E-state index is 0.111. The molecule has 1 fully saturated rings. The summed E-state index contributed by atoms with van der Waals surface area (Å²) in [5.74, 6) is 6.44. The van der Waals surface area contributed by atoms with E-state index in [2.05, 4.69) is 17.4 Å². The molecule has 1 atom stereocenters. The molecule has 1 aliphatic carbocycles. The number of hydrazine groups is 1. The van der Waals surface area contributed by atoms with E-state index in [-0.39, 0.29) is 11.5 Å². The van der Waals surface area contributed by atoms with Gasteiger partial charge in [-0.15, -0.1) is 0 Å². The monoisotopic (exact) mass is 210 g/mol. The predicted octanol–water partition coefficient (Wildman–Crippen LogP) is 0.733. The maximum absolute atomic E-state index is 5.64. The molecule has 1 unspecified atom stereocenters. The summed E-state index contributed by atoms with van der Waals surface area (Å²) in [5, 5.41) is 4.19. The zero-order valence-electron chi connectivity index (χ0n) is 9.45. The maximum Gasteiger partial charge on any atom is 0.161 e. The minimum atomic E-state index is 0.111. The van der Waals surface area contributed by atoms with Crippen LogP contribution < -0.4 is 16.0 Å². The summed E-state index contributed by atoms with van der Waals surface area (Å²) in [7, 11) is 3.57. The van der Waals surface area contributed by atoms with Gasteiger partial charge in [0, 0.05) is 7.05 Å². The van der Waals surface area contributed by atoms with Crippen molar-refractivity contribution < 1.29 is 4.74 Å². The average Bonchev–Trinajstić information content (AvgIpc) is 2.85. The van der Waals surface area contributed by atoms with E-state index < -0.39 is 0 Å². The first-order chi connectivity index (χ1) is 7.12. The molecule has 0 spiro atoms. The largest absolute Gasteiger partial charge is 0.493 e. The number of hydrogen-bond acceptors (Lipinski definition) is 4. The zero-order chi connectivity index (χ0) is 11.1. The molecule has 1 saturated carbocycles. The summed E-state index contributed by atoms with van der Waals surface area (Å²) < 4.78 is 7.12. The first kappa shape index (κ1) is 10.4. The second-order valence-electron chi connectivity index (χ2n) is 4.48. The lowest BCUT2D eigenvalue weighted by atomic mass is 9.96. The molecule has 0 amide bonds. The van der Waals surface area contributed by atoms with Gasteiger partial charge in [0.15, 0.2) is 5.75 Å². The SMILES string of the molecule is COc1cnn(C)c1C(NN)C1(C)CC1.